The van der Waals surface area contributed by atoms with E-state index in [1.165, 1.54) is 0 Å². The molecular formula is C20H16F2N4O2. The van der Waals surface area contributed by atoms with Crippen LogP contribution in [0.2, 0.25) is 0 Å². The minimum absolute atomic E-state index is 0.207. The Bertz CT molecular complexity index is 1140. The molecule has 6 nitrogen and oxygen atoms in total. The van der Waals surface area contributed by atoms with Gasteiger partial charge in [-0.1, -0.05) is 30.3 Å². The fraction of sp³-hybridized carbons (Fsp3) is 0.100. The van der Waals surface area contributed by atoms with Crippen LogP contribution in [-0.2, 0) is 6.42 Å². The highest BCUT2D eigenvalue weighted by Gasteiger charge is 2.21. The Morgan fingerprint density at radius 1 is 1.18 bits per heavy atom. The zero-order valence-corrected chi connectivity index (χ0v) is 14.5. The van der Waals surface area contributed by atoms with Gasteiger partial charge in [0.15, 0.2) is 11.6 Å². The van der Waals surface area contributed by atoms with Gasteiger partial charge in [-0.05, 0) is 17.2 Å². The molecule has 2 aromatic heterocycles. The predicted octanol–water partition coefficient (Wildman–Crippen LogP) is 4.39. The van der Waals surface area contributed by atoms with Gasteiger partial charge in [0.2, 0.25) is 0 Å². The van der Waals surface area contributed by atoms with Crippen LogP contribution in [0.1, 0.15) is 17.4 Å². The van der Waals surface area contributed by atoms with Crippen molar-refractivity contribution in [2.24, 2.45) is 0 Å². The molecule has 1 atom stereocenters. The molecule has 0 unspecified atom stereocenters. The van der Waals surface area contributed by atoms with E-state index >= 15 is 0 Å². The van der Waals surface area contributed by atoms with Crippen molar-refractivity contribution in [1.82, 2.24) is 20.3 Å². The number of carbonyl (C=O) groups is 1. The lowest BCUT2D eigenvalue weighted by Crippen LogP contribution is -2.29. The number of halogens is 2. The minimum atomic E-state index is -1.21. The second-order valence-corrected chi connectivity index (χ2v) is 6.38. The van der Waals surface area contributed by atoms with Crippen LogP contribution in [0.5, 0.6) is 0 Å². The normalized spacial score (nSPS) is 12.2. The van der Waals surface area contributed by atoms with E-state index in [4.69, 9.17) is 0 Å². The third-order valence-corrected chi connectivity index (χ3v) is 4.54. The molecule has 2 aromatic carbocycles. The van der Waals surface area contributed by atoms with Crippen molar-refractivity contribution in [3.8, 4) is 11.3 Å². The number of nitrogens with zero attached hydrogens (tertiary/aromatic N) is 1. The average molecular weight is 382 g/mol. The number of rotatable bonds is 5. The zero-order valence-electron chi connectivity index (χ0n) is 14.5. The van der Waals surface area contributed by atoms with Crippen molar-refractivity contribution >= 4 is 17.0 Å². The first-order valence-corrected chi connectivity index (χ1v) is 8.56. The highest BCUT2D eigenvalue weighted by molar-refractivity contribution is 5.83. The summed E-state index contributed by atoms with van der Waals surface area (Å²) in [5.41, 5.74) is 2.75. The topological polar surface area (TPSA) is 93.8 Å². The van der Waals surface area contributed by atoms with Crippen LogP contribution in [0, 0.1) is 11.6 Å². The van der Waals surface area contributed by atoms with Gasteiger partial charge in [-0.25, -0.2) is 18.6 Å². The SMILES string of the molecule is O=C(O)N[C@@H](Cc1c[nH]c2cc(F)c(F)cc12)c1ncc(-c2ccccc2)[nH]1. The zero-order chi connectivity index (χ0) is 19.7. The van der Waals surface area contributed by atoms with Gasteiger partial charge in [0, 0.05) is 29.6 Å². The Hall–Kier alpha value is -3.68. The maximum atomic E-state index is 13.7. The number of hydrogen-bond acceptors (Lipinski definition) is 2. The van der Waals surface area contributed by atoms with Gasteiger partial charge < -0.3 is 20.4 Å². The van der Waals surface area contributed by atoms with Crippen LogP contribution in [0.4, 0.5) is 13.6 Å². The van der Waals surface area contributed by atoms with Gasteiger partial charge in [0.05, 0.1) is 17.9 Å². The second kappa shape index (κ2) is 7.15. The molecule has 1 amide bonds. The van der Waals surface area contributed by atoms with Gasteiger partial charge in [0.1, 0.15) is 5.82 Å². The molecule has 4 N–H and O–H groups in total. The standard InChI is InChI=1S/C20H16F2N4O2/c21-14-7-13-12(9-23-16(13)8-15(14)22)6-17(26-20(27)28)19-24-10-18(25-19)11-4-2-1-3-5-11/h1-5,7-10,17,23,26H,6H2,(H,24,25)(H,27,28)/t17-/m0/s1. The van der Waals surface area contributed by atoms with Crippen LogP contribution < -0.4 is 5.32 Å². The number of hydrogen-bond donors (Lipinski definition) is 4. The Balaban J connectivity index is 1.67. The summed E-state index contributed by atoms with van der Waals surface area (Å²) in [6.45, 7) is 0. The van der Waals surface area contributed by atoms with E-state index < -0.39 is 23.8 Å². The fourth-order valence-corrected chi connectivity index (χ4v) is 3.21. The number of H-pyrrole nitrogens is 2. The molecule has 4 rings (SSSR count). The lowest BCUT2D eigenvalue weighted by Gasteiger charge is -2.14. The van der Waals surface area contributed by atoms with Crippen molar-refractivity contribution in [2.75, 3.05) is 0 Å². The minimum Gasteiger partial charge on any atom is -0.465 e. The van der Waals surface area contributed by atoms with Gasteiger partial charge >= 0.3 is 6.09 Å². The first-order valence-electron chi connectivity index (χ1n) is 8.56. The first kappa shape index (κ1) is 17.7. The fourth-order valence-electron chi connectivity index (χ4n) is 3.21. The summed E-state index contributed by atoms with van der Waals surface area (Å²) in [4.78, 5) is 21.6. The van der Waals surface area contributed by atoms with Crippen molar-refractivity contribution in [1.29, 1.82) is 0 Å². The first-order chi connectivity index (χ1) is 13.5. The van der Waals surface area contributed by atoms with Gasteiger partial charge in [-0.2, -0.15) is 0 Å². The summed E-state index contributed by atoms with van der Waals surface area (Å²) in [6, 6.07) is 11.0. The van der Waals surface area contributed by atoms with Gasteiger partial charge in [-0.15, -0.1) is 0 Å². The number of aromatic nitrogens is 3. The molecule has 28 heavy (non-hydrogen) atoms. The van der Waals surface area contributed by atoms with Gasteiger partial charge in [0.25, 0.3) is 0 Å². The van der Waals surface area contributed by atoms with E-state index in [-0.39, 0.29) is 6.42 Å². The van der Waals surface area contributed by atoms with Crippen LogP contribution in [0.15, 0.2) is 54.9 Å². The summed E-state index contributed by atoms with van der Waals surface area (Å²) in [5.74, 6) is -1.47. The molecule has 0 fully saturated rings. The molecule has 4 aromatic rings. The van der Waals surface area contributed by atoms with Crippen LogP contribution in [-0.4, -0.2) is 26.2 Å². The highest BCUT2D eigenvalue weighted by atomic mass is 19.2. The average Bonchev–Trinajstić information content (AvgIpc) is 3.30. The van der Waals surface area contributed by atoms with Crippen molar-refractivity contribution in [2.45, 2.75) is 12.5 Å². The number of benzene rings is 2. The smallest absolute Gasteiger partial charge is 0.405 e. The molecule has 0 aliphatic heterocycles. The van der Waals surface area contributed by atoms with Crippen molar-refractivity contribution in [3.63, 3.8) is 0 Å². The largest absolute Gasteiger partial charge is 0.465 e. The summed E-state index contributed by atoms with van der Waals surface area (Å²) in [5, 5.41) is 12.1. The Morgan fingerprint density at radius 2 is 1.93 bits per heavy atom. The molecular weight excluding hydrogens is 366 g/mol. The van der Waals surface area contributed by atoms with Crippen molar-refractivity contribution < 1.29 is 18.7 Å². The molecule has 8 heteroatoms. The third-order valence-electron chi connectivity index (χ3n) is 4.54. The number of carboxylic acid groups (broad SMARTS) is 1. The molecule has 0 aliphatic rings. The number of nitrogens with one attached hydrogen (secondary N) is 3. The molecule has 2 heterocycles. The molecule has 0 saturated heterocycles. The third kappa shape index (κ3) is 3.44. The predicted molar refractivity (Wildman–Crippen MR) is 99.8 cm³/mol. The molecule has 0 radical (unpaired) electrons. The highest BCUT2D eigenvalue weighted by Crippen LogP contribution is 2.27. The van der Waals surface area contributed by atoms with Crippen molar-refractivity contribution in [3.05, 3.63) is 77.9 Å². The molecule has 0 bridgehead atoms. The Labute approximate surface area is 158 Å². The lowest BCUT2D eigenvalue weighted by molar-refractivity contribution is 0.189. The summed E-state index contributed by atoms with van der Waals surface area (Å²) < 4.78 is 27.1. The molecule has 0 spiro atoms. The summed E-state index contributed by atoms with van der Waals surface area (Å²) >= 11 is 0. The number of fused-ring (bicyclic) bond motifs is 1. The monoisotopic (exact) mass is 382 g/mol. The maximum Gasteiger partial charge on any atom is 0.405 e. The van der Waals surface area contributed by atoms with E-state index in [2.05, 4.69) is 20.3 Å². The Morgan fingerprint density at radius 3 is 2.68 bits per heavy atom. The second-order valence-electron chi connectivity index (χ2n) is 6.38. The quantitative estimate of drug-likeness (QED) is 0.412. The van der Waals surface area contributed by atoms with Gasteiger partial charge in [-0.3, -0.25) is 0 Å². The number of imidazole rings is 1. The summed E-state index contributed by atoms with van der Waals surface area (Å²) in [6.07, 6.45) is 2.24. The lowest BCUT2D eigenvalue weighted by atomic mass is 10.0. The van der Waals surface area contributed by atoms with Crippen LogP contribution in [0.3, 0.4) is 0 Å². The summed E-state index contributed by atoms with van der Waals surface area (Å²) in [7, 11) is 0. The molecule has 0 aliphatic carbocycles. The number of amides is 1. The van der Waals surface area contributed by atoms with Crippen LogP contribution in [0.25, 0.3) is 22.2 Å². The van der Waals surface area contributed by atoms with Crippen LogP contribution >= 0.6 is 0 Å². The van der Waals surface area contributed by atoms with E-state index in [1.807, 2.05) is 30.3 Å². The van der Waals surface area contributed by atoms with E-state index in [9.17, 15) is 18.7 Å². The maximum absolute atomic E-state index is 13.7. The van der Waals surface area contributed by atoms with E-state index in [0.717, 1.165) is 23.4 Å². The number of aromatic amines is 2. The van der Waals surface area contributed by atoms with E-state index in [1.54, 1.807) is 12.4 Å². The molecule has 142 valence electrons. The Kier molecular flexibility index (Phi) is 4.52. The van der Waals surface area contributed by atoms with E-state index in [0.29, 0.717) is 22.3 Å². The molecule has 0 saturated carbocycles.